The molecule has 0 unspecified atom stereocenters. The van der Waals surface area contributed by atoms with Crippen molar-refractivity contribution in [1.82, 2.24) is 0 Å². The number of halogens is 1. The molecular formula is C20H14FN2O+. The molecule has 0 spiro atoms. The van der Waals surface area contributed by atoms with Gasteiger partial charge in [-0.15, -0.1) is 0 Å². The molecule has 4 aromatic rings. The summed E-state index contributed by atoms with van der Waals surface area (Å²) in [5.41, 5.74) is 3.92. The summed E-state index contributed by atoms with van der Waals surface area (Å²) in [5, 5.41) is 1.54. The van der Waals surface area contributed by atoms with Gasteiger partial charge in [0.2, 0.25) is 5.69 Å². The molecule has 4 rings (SSSR count). The third-order valence-corrected chi connectivity index (χ3v) is 4.38. The van der Waals surface area contributed by atoms with Crippen molar-refractivity contribution in [3.63, 3.8) is 0 Å². The summed E-state index contributed by atoms with van der Waals surface area (Å²) in [6.45, 7) is 8.91. The van der Waals surface area contributed by atoms with Crippen LogP contribution in [0.3, 0.4) is 0 Å². The highest BCUT2D eigenvalue weighted by atomic mass is 19.1. The fourth-order valence-electron chi connectivity index (χ4n) is 3.12. The number of aromatic nitrogens is 1. The van der Waals surface area contributed by atoms with Crippen molar-refractivity contribution in [2.45, 2.75) is 6.92 Å². The van der Waals surface area contributed by atoms with E-state index in [0.717, 1.165) is 22.0 Å². The molecule has 2 heterocycles. The Balaban J connectivity index is 2.18. The smallest absolute Gasteiger partial charge is 0.216 e. The molecule has 0 atom stereocenters. The molecule has 0 N–H and O–H groups in total. The number of benzene rings is 2. The van der Waals surface area contributed by atoms with Crippen LogP contribution >= 0.6 is 0 Å². The van der Waals surface area contributed by atoms with Gasteiger partial charge in [0.15, 0.2) is 11.9 Å². The Hall–Kier alpha value is -3.19. The number of pyridine rings is 1. The summed E-state index contributed by atoms with van der Waals surface area (Å²) >= 11 is 0. The molecule has 0 saturated carbocycles. The Morgan fingerprint density at radius 2 is 1.96 bits per heavy atom. The van der Waals surface area contributed by atoms with E-state index in [0.29, 0.717) is 22.4 Å². The lowest BCUT2D eigenvalue weighted by Crippen LogP contribution is -2.30. The zero-order valence-electron chi connectivity index (χ0n) is 13.3. The minimum absolute atomic E-state index is 0.265. The van der Waals surface area contributed by atoms with E-state index in [4.69, 9.17) is 11.0 Å². The lowest BCUT2D eigenvalue weighted by atomic mass is 10.00. The second-order valence-corrected chi connectivity index (χ2v) is 5.83. The van der Waals surface area contributed by atoms with Crippen LogP contribution in [0.25, 0.3) is 38.0 Å². The first kappa shape index (κ1) is 14.4. The predicted molar refractivity (Wildman–Crippen MR) is 91.3 cm³/mol. The van der Waals surface area contributed by atoms with Gasteiger partial charge in [0.05, 0.1) is 12.1 Å². The first-order valence-electron chi connectivity index (χ1n) is 7.58. The first-order chi connectivity index (χ1) is 11.6. The molecule has 0 bridgehead atoms. The van der Waals surface area contributed by atoms with Crippen LogP contribution < -0.4 is 4.57 Å². The highest BCUT2D eigenvalue weighted by molar-refractivity contribution is 6.10. The maximum atomic E-state index is 14.6. The van der Waals surface area contributed by atoms with Gasteiger partial charge in [0.1, 0.15) is 24.0 Å². The van der Waals surface area contributed by atoms with Gasteiger partial charge in [-0.3, -0.25) is 0 Å². The largest absolute Gasteiger partial charge is 0.456 e. The maximum absolute atomic E-state index is 14.6. The van der Waals surface area contributed by atoms with E-state index >= 15 is 0 Å². The molecule has 2 aromatic heterocycles. The van der Waals surface area contributed by atoms with Crippen LogP contribution in [0, 0.1) is 19.3 Å². The molecule has 0 radical (unpaired) electrons. The van der Waals surface area contributed by atoms with Crippen molar-refractivity contribution in [2.24, 2.45) is 7.05 Å². The third-order valence-electron chi connectivity index (χ3n) is 4.38. The summed E-state index contributed by atoms with van der Waals surface area (Å²) in [6, 6.07) is 12.5. The molecule has 24 heavy (non-hydrogen) atoms. The van der Waals surface area contributed by atoms with Gasteiger partial charge in [-0.1, -0.05) is 12.1 Å². The first-order valence-corrected chi connectivity index (χ1v) is 7.58. The second-order valence-electron chi connectivity index (χ2n) is 5.83. The van der Waals surface area contributed by atoms with Crippen molar-refractivity contribution >= 4 is 27.6 Å². The van der Waals surface area contributed by atoms with Crippen molar-refractivity contribution in [1.29, 1.82) is 0 Å². The molecule has 0 aliphatic rings. The number of rotatable bonds is 1. The molecule has 0 aliphatic heterocycles. The summed E-state index contributed by atoms with van der Waals surface area (Å²) in [7, 11) is 1.92. The Morgan fingerprint density at radius 1 is 1.12 bits per heavy atom. The summed E-state index contributed by atoms with van der Waals surface area (Å²) in [6.07, 6.45) is 1.92. The molecule has 3 nitrogen and oxygen atoms in total. The summed E-state index contributed by atoms with van der Waals surface area (Å²) in [4.78, 5) is 3.43. The Morgan fingerprint density at radius 3 is 2.71 bits per heavy atom. The number of fused-ring (bicyclic) bond motifs is 3. The van der Waals surface area contributed by atoms with Crippen molar-refractivity contribution in [2.75, 3.05) is 0 Å². The highest BCUT2D eigenvalue weighted by Gasteiger charge is 2.22. The van der Waals surface area contributed by atoms with E-state index in [-0.39, 0.29) is 5.82 Å². The van der Waals surface area contributed by atoms with Crippen LogP contribution in [-0.2, 0) is 7.05 Å². The molecule has 2 aromatic carbocycles. The molecule has 4 heteroatoms. The number of hydrogen-bond acceptors (Lipinski definition) is 1. The summed E-state index contributed by atoms with van der Waals surface area (Å²) < 4.78 is 22.6. The Bertz CT molecular complexity index is 1150. The fourth-order valence-corrected chi connectivity index (χ4v) is 3.12. The van der Waals surface area contributed by atoms with Crippen LogP contribution in [0.1, 0.15) is 5.56 Å². The van der Waals surface area contributed by atoms with E-state index in [1.807, 2.05) is 42.1 Å². The molecule has 0 aliphatic carbocycles. The van der Waals surface area contributed by atoms with Gasteiger partial charge in [0.25, 0.3) is 0 Å². The fraction of sp³-hybridized carbons (Fsp3) is 0.100. The number of aryl methyl sites for hydroxylation is 1. The van der Waals surface area contributed by atoms with Gasteiger partial charge >= 0.3 is 0 Å². The van der Waals surface area contributed by atoms with Crippen LogP contribution in [0.15, 0.2) is 53.1 Å². The topological polar surface area (TPSA) is 21.4 Å². The Kier molecular flexibility index (Phi) is 3.10. The molecular weight excluding hydrogens is 303 g/mol. The van der Waals surface area contributed by atoms with Gasteiger partial charge in [-0.05, 0) is 25.1 Å². The number of furan rings is 1. The van der Waals surface area contributed by atoms with Crippen LogP contribution in [0.2, 0.25) is 0 Å². The molecule has 0 amide bonds. The molecule has 116 valence electrons. The normalized spacial score (nSPS) is 11.1. The minimum Gasteiger partial charge on any atom is -0.456 e. The summed E-state index contributed by atoms with van der Waals surface area (Å²) in [5.74, 6) is -0.265. The minimum atomic E-state index is -0.265. The lowest BCUT2D eigenvalue weighted by Gasteiger charge is -2.06. The molecule has 0 saturated heterocycles. The van der Waals surface area contributed by atoms with Gasteiger partial charge in [0, 0.05) is 28.5 Å². The maximum Gasteiger partial charge on any atom is 0.216 e. The van der Waals surface area contributed by atoms with Gasteiger partial charge in [-0.25, -0.2) is 13.8 Å². The number of hydrogen-bond donors (Lipinski definition) is 0. The van der Waals surface area contributed by atoms with E-state index in [1.54, 1.807) is 19.1 Å². The third kappa shape index (κ3) is 1.99. The SMILES string of the molecule is [C-]#[N+]c1ccc2c(c1)oc1c(-c3cccc[n+]3C)c(C)c(F)cc12. The second kappa shape index (κ2) is 5.17. The molecule has 0 fully saturated rings. The highest BCUT2D eigenvalue weighted by Crippen LogP contribution is 2.39. The standard InChI is InChI=1S/C20H14FN2O/c1-12-16(21)11-15-14-8-7-13(22-2)10-18(14)24-20(15)19(12)17-6-4-5-9-23(17)3/h4-11H,1,3H3/q+1. The monoisotopic (exact) mass is 317 g/mol. The van der Waals surface area contributed by atoms with Gasteiger partial charge in [-0.2, -0.15) is 0 Å². The average Bonchev–Trinajstić information content (AvgIpc) is 2.94. The van der Waals surface area contributed by atoms with Crippen molar-refractivity contribution in [3.05, 3.63) is 71.5 Å². The number of nitrogens with zero attached hydrogens (tertiary/aromatic N) is 2. The zero-order chi connectivity index (χ0) is 16.8. The van der Waals surface area contributed by atoms with Crippen molar-refractivity contribution in [3.8, 4) is 11.3 Å². The predicted octanol–water partition coefficient (Wildman–Crippen LogP) is 5.08. The average molecular weight is 317 g/mol. The van der Waals surface area contributed by atoms with Crippen LogP contribution in [0.4, 0.5) is 10.1 Å². The van der Waals surface area contributed by atoms with E-state index in [9.17, 15) is 4.39 Å². The van der Waals surface area contributed by atoms with Gasteiger partial charge < -0.3 is 4.42 Å². The van der Waals surface area contributed by atoms with Crippen LogP contribution in [-0.4, -0.2) is 0 Å². The van der Waals surface area contributed by atoms with E-state index < -0.39 is 0 Å². The van der Waals surface area contributed by atoms with Crippen LogP contribution in [0.5, 0.6) is 0 Å². The van der Waals surface area contributed by atoms with E-state index in [1.165, 1.54) is 6.07 Å². The quantitative estimate of drug-likeness (QED) is 0.354. The van der Waals surface area contributed by atoms with E-state index in [2.05, 4.69) is 4.85 Å². The zero-order valence-corrected chi connectivity index (χ0v) is 13.3. The Labute approximate surface area is 138 Å². The van der Waals surface area contributed by atoms with Crippen molar-refractivity contribution < 1.29 is 13.4 Å². The lowest BCUT2D eigenvalue weighted by molar-refractivity contribution is -0.660.